The maximum atomic E-state index is 13.9. The largest absolute Gasteiger partial charge is 0.497 e. The number of halogens is 1. The Bertz CT molecular complexity index is 1420. The van der Waals surface area contributed by atoms with Crippen LogP contribution in [-0.2, 0) is 26.5 Å². The zero-order valence-electron chi connectivity index (χ0n) is 23.9. The topological polar surface area (TPSA) is 88.1 Å². The van der Waals surface area contributed by atoms with E-state index in [4.69, 9.17) is 9.47 Å². The van der Waals surface area contributed by atoms with Crippen molar-refractivity contribution in [2.45, 2.75) is 50.2 Å². The number of nitrogens with zero attached hydrogens (tertiary/aromatic N) is 1. The first-order chi connectivity index (χ1) is 19.6. The SMILES string of the molecule is COc1ccc([Si](C)(C)[C@H]2[C@H](CC(=O)N(CCO)Cc3ccccc3)O[C@@]3(C(=O)Nc4ccc(I)cc43)[C@@H]2C)cc1. The first kappa shape index (κ1) is 29.7. The molecular weight excluding hydrogens is 647 g/mol. The van der Waals surface area contributed by atoms with Crippen LogP contribution in [0.3, 0.4) is 0 Å². The number of aliphatic hydroxyl groups is 1. The minimum atomic E-state index is -2.34. The molecule has 0 aliphatic carbocycles. The standard InChI is InChI=1S/C32H37IN2O5Si/c1-21-30(41(3,4)25-13-11-24(39-2)12-14-25)28(19-29(37)35(16-17-36)20-22-8-6-5-7-9-22)40-32(21)26-18-23(33)10-15-27(26)34-31(32)38/h5-15,18,21,28,30,36H,16-17,19-20H2,1-4H3,(H,34,38)/t21-,28+,30-,32+/m1/s1. The van der Waals surface area contributed by atoms with Crippen molar-refractivity contribution in [1.29, 1.82) is 0 Å². The van der Waals surface area contributed by atoms with Gasteiger partial charge in [0.1, 0.15) is 5.75 Å². The fraction of sp³-hybridized carbons (Fsp3) is 0.375. The molecule has 7 nitrogen and oxygen atoms in total. The highest BCUT2D eigenvalue weighted by Gasteiger charge is 2.65. The lowest BCUT2D eigenvalue weighted by Gasteiger charge is -2.37. The van der Waals surface area contributed by atoms with Gasteiger partial charge in [0.15, 0.2) is 5.60 Å². The number of fused-ring (bicyclic) bond motifs is 2. The molecule has 0 unspecified atom stereocenters. The summed E-state index contributed by atoms with van der Waals surface area (Å²) in [5.41, 5.74) is 1.39. The van der Waals surface area contributed by atoms with Crippen LogP contribution in [0.5, 0.6) is 5.75 Å². The monoisotopic (exact) mass is 684 g/mol. The molecule has 9 heteroatoms. The van der Waals surface area contributed by atoms with Gasteiger partial charge in [-0.15, -0.1) is 0 Å². The molecule has 216 valence electrons. The van der Waals surface area contributed by atoms with E-state index in [9.17, 15) is 14.7 Å². The van der Waals surface area contributed by atoms with Gasteiger partial charge in [-0.1, -0.05) is 67.7 Å². The molecule has 0 radical (unpaired) electrons. The third-order valence-corrected chi connectivity index (χ3v) is 13.9. The highest BCUT2D eigenvalue weighted by atomic mass is 127. The predicted molar refractivity (Wildman–Crippen MR) is 171 cm³/mol. The number of benzene rings is 3. The van der Waals surface area contributed by atoms with Crippen LogP contribution in [0.25, 0.3) is 0 Å². The summed E-state index contributed by atoms with van der Waals surface area (Å²) in [4.78, 5) is 29.4. The van der Waals surface area contributed by atoms with Crippen LogP contribution in [0.15, 0.2) is 72.8 Å². The van der Waals surface area contributed by atoms with E-state index in [0.29, 0.717) is 6.54 Å². The molecule has 5 rings (SSSR count). The number of carbonyl (C=O) groups is 2. The van der Waals surface area contributed by atoms with E-state index < -0.39 is 19.8 Å². The van der Waals surface area contributed by atoms with Crippen molar-refractivity contribution in [3.05, 3.63) is 87.5 Å². The third kappa shape index (κ3) is 5.44. The summed E-state index contributed by atoms with van der Waals surface area (Å²) in [6, 6.07) is 23.9. The van der Waals surface area contributed by atoms with Gasteiger partial charge in [0, 0.05) is 33.8 Å². The van der Waals surface area contributed by atoms with Gasteiger partial charge in [-0.05, 0) is 64.0 Å². The van der Waals surface area contributed by atoms with E-state index in [-0.39, 0.29) is 42.8 Å². The number of nitrogens with one attached hydrogen (secondary N) is 1. The molecule has 0 saturated carbocycles. The highest BCUT2D eigenvalue weighted by molar-refractivity contribution is 14.1. The Kier molecular flexibility index (Phi) is 8.61. The molecule has 0 aromatic heterocycles. The summed E-state index contributed by atoms with van der Waals surface area (Å²) in [6.45, 7) is 7.21. The van der Waals surface area contributed by atoms with Crippen molar-refractivity contribution in [2.75, 3.05) is 25.6 Å². The molecule has 4 atom stereocenters. The summed E-state index contributed by atoms with van der Waals surface area (Å²) in [5.74, 6) is 0.349. The summed E-state index contributed by atoms with van der Waals surface area (Å²) in [5, 5.41) is 14.1. The second-order valence-corrected chi connectivity index (χ2v) is 17.5. The van der Waals surface area contributed by atoms with Crippen LogP contribution >= 0.6 is 22.6 Å². The molecule has 3 aromatic carbocycles. The molecule has 2 N–H and O–H groups in total. The van der Waals surface area contributed by atoms with Crippen LogP contribution in [0.2, 0.25) is 18.6 Å². The summed E-state index contributed by atoms with van der Waals surface area (Å²) in [7, 11) is -0.689. The van der Waals surface area contributed by atoms with Gasteiger partial charge < -0.3 is 24.8 Å². The average molecular weight is 685 g/mol. The second kappa shape index (κ2) is 11.9. The van der Waals surface area contributed by atoms with E-state index in [1.54, 1.807) is 12.0 Å². The maximum Gasteiger partial charge on any atom is 0.261 e. The lowest BCUT2D eigenvalue weighted by Crippen LogP contribution is -2.52. The van der Waals surface area contributed by atoms with E-state index in [0.717, 1.165) is 26.1 Å². The minimum Gasteiger partial charge on any atom is -0.497 e. The van der Waals surface area contributed by atoms with Crippen molar-refractivity contribution >= 4 is 53.4 Å². The molecule has 1 saturated heterocycles. The van der Waals surface area contributed by atoms with Gasteiger partial charge >= 0.3 is 0 Å². The van der Waals surface area contributed by atoms with Gasteiger partial charge in [-0.25, -0.2) is 0 Å². The van der Waals surface area contributed by atoms with Gasteiger partial charge in [0.25, 0.3) is 5.91 Å². The number of carbonyl (C=O) groups excluding carboxylic acids is 2. The lowest BCUT2D eigenvalue weighted by molar-refractivity contribution is -0.148. The van der Waals surface area contributed by atoms with Gasteiger partial charge in [-0.3, -0.25) is 9.59 Å². The van der Waals surface area contributed by atoms with E-state index in [2.05, 4.69) is 60.1 Å². The first-order valence-corrected chi connectivity index (χ1v) is 18.1. The van der Waals surface area contributed by atoms with Crippen molar-refractivity contribution in [3.63, 3.8) is 0 Å². The van der Waals surface area contributed by atoms with Gasteiger partial charge in [0.05, 0.1) is 34.3 Å². The zero-order valence-corrected chi connectivity index (χ0v) is 27.1. The molecule has 41 heavy (non-hydrogen) atoms. The number of amides is 2. The van der Waals surface area contributed by atoms with E-state index in [1.807, 2.05) is 60.7 Å². The molecule has 3 aromatic rings. The Labute approximate surface area is 256 Å². The Balaban J connectivity index is 1.54. The Morgan fingerprint density at radius 3 is 2.49 bits per heavy atom. The fourth-order valence-corrected chi connectivity index (χ4v) is 11.3. The van der Waals surface area contributed by atoms with Crippen LogP contribution in [-0.4, -0.2) is 56.3 Å². The maximum absolute atomic E-state index is 13.9. The predicted octanol–water partition coefficient (Wildman–Crippen LogP) is 4.88. The van der Waals surface area contributed by atoms with Crippen LogP contribution in [0, 0.1) is 9.49 Å². The van der Waals surface area contributed by atoms with E-state index in [1.165, 1.54) is 5.19 Å². The number of methoxy groups -OCH3 is 1. The van der Waals surface area contributed by atoms with Crippen molar-refractivity contribution in [2.24, 2.45) is 5.92 Å². The molecule has 2 aliphatic rings. The molecular formula is C32H37IN2O5Si. The molecule has 2 amide bonds. The summed E-state index contributed by atoms with van der Waals surface area (Å²) in [6.07, 6.45) is -0.351. The summed E-state index contributed by atoms with van der Waals surface area (Å²) >= 11 is 2.27. The molecule has 1 spiro atoms. The minimum absolute atomic E-state index is 0.0397. The highest BCUT2D eigenvalue weighted by Crippen LogP contribution is 2.58. The molecule has 1 fully saturated rings. The number of ether oxygens (including phenoxy) is 2. The molecule has 2 heterocycles. The normalized spacial score (nSPS) is 23.4. The first-order valence-electron chi connectivity index (χ1n) is 14.0. The Morgan fingerprint density at radius 2 is 1.83 bits per heavy atom. The fourth-order valence-electron chi connectivity index (χ4n) is 6.82. The number of aliphatic hydroxyl groups excluding tert-OH is 1. The number of hydrogen-bond donors (Lipinski definition) is 2. The number of anilines is 1. The average Bonchev–Trinajstić information content (AvgIpc) is 3.41. The number of hydrogen-bond acceptors (Lipinski definition) is 5. The van der Waals surface area contributed by atoms with Gasteiger partial charge in [-0.2, -0.15) is 0 Å². The van der Waals surface area contributed by atoms with Crippen molar-refractivity contribution in [1.82, 2.24) is 4.90 Å². The van der Waals surface area contributed by atoms with Crippen LogP contribution < -0.4 is 15.2 Å². The lowest BCUT2D eigenvalue weighted by atomic mass is 9.82. The van der Waals surface area contributed by atoms with Crippen molar-refractivity contribution < 1.29 is 24.2 Å². The Morgan fingerprint density at radius 1 is 1.12 bits per heavy atom. The second-order valence-electron chi connectivity index (χ2n) is 11.5. The molecule has 0 bridgehead atoms. The van der Waals surface area contributed by atoms with Crippen LogP contribution in [0.1, 0.15) is 24.5 Å². The van der Waals surface area contributed by atoms with Crippen molar-refractivity contribution in [3.8, 4) is 5.75 Å². The quantitative estimate of drug-likeness (QED) is 0.248. The third-order valence-electron chi connectivity index (χ3n) is 8.87. The Hall–Kier alpha value is -2.73. The van der Waals surface area contributed by atoms with E-state index >= 15 is 0 Å². The van der Waals surface area contributed by atoms with Gasteiger partial charge in [0.2, 0.25) is 5.91 Å². The smallest absolute Gasteiger partial charge is 0.261 e. The number of rotatable bonds is 9. The van der Waals surface area contributed by atoms with Crippen LogP contribution in [0.4, 0.5) is 5.69 Å². The zero-order chi connectivity index (χ0) is 29.4. The summed E-state index contributed by atoms with van der Waals surface area (Å²) < 4.78 is 13.3. The molecule has 2 aliphatic heterocycles.